The maximum absolute atomic E-state index is 11.7. The third-order valence-electron chi connectivity index (χ3n) is 2.71. The number of hydrogen-bond donors (Lipinski definition) is 3. The lowest BCUT2D eigenvalue weighted by molar-refractivity contribution is 0.0697. The fraction of sp³-hybridized carbons (Fsp3) is 0.500. The van der Waals surface area contributed by atoms with E-state index < -0.39 is 16.0 Å². The quantitative estimate of drug-likeness (QED) is 0.738. The first-order chi connectivity index (χ1) is 7.89. The van der Waals surface area contributed by atoms with Crippen LogP contribution < -0.4 is 4.72 Å². The molecule has 1 aromatic heterocycles. The van der Waals surface area contributed by atoms with Gasteiger partial charge < -0.3 is 10.1 Å². The number of aromatic nitrogens is 1. The van der Waals surface area contributed by atoms with Crippen molar-refractivity contribution < 1.29 is 18.3 Å². The average molecular weight is 258 g/mol. The summed E-state index contributed by atoms with van der Waals surface area (Å²) in [5.74, 6) is -0.857. The van der Waals surface area contributed by atoms with Gasteiger partial charge in [0, 0.05) is 11.9 Å². The summed E-state index contributed by atoms with van der Waals surface area (Å²) in [6.45, 7) is 1.59. The number of rotatable bonds is 5. The Labute approximate surface area is 99.1 Å². The number of aromatic amines is 1. The minimum absolute atomic E-state index is 0.0237. The first-order valence-electron chi connectivity index (χ1n) is 5.31. The lowest BCUT2D eigenvalue weighted by Gasteiger charge is -2.06. The molecular formula is C10H14N2O4S. The number of carboxylic acids is 1. The van der Waals surface area contributed by atoms with Crippen molar-refractivity contribution in [1.82, 2.24) is 4.98 Å². The number of aryl methyl sites for hydroxylation is 1. The Bertz CT molecular complexity index is 543. The van der Waals surface area contributed by atoms with Crippen LogP contribution in [-0.2, 0) is 10.0 Å². The van der Waals surface area contributed by atoms with E-state index in [4.69, 9.17) is 5.11 Å². The second-order valence-corrected chi connectivity index (χ2v) is 6.10. The zero-order valence-electron chi connectivity index (χ0n) is 9.36. The number of carboxylic acid groups (broad SMARTS) is 1. The van der Waals surface area contributed by atoms with Crippen molar-refractivity contribution in [2.24, 2.45) is 5.92 Å². The average Bonchev–Trinajstić information content (AvgIpc) is 2.89. The molecule has 1 fully saturated rings. The van der Waals surface area contributed by atoms with Crippen LogP contribution in [0.15, 0.2) is 6.20 Å². The summed E-state index contributed by atoms with van der Waals surface area (Å²) < 4.78 is 25.8. The van der Waals surface area contributed by atoms with Gasteiger partial charge in [-0.2, -0.15) is 0 Å². The van der Waals surface area contributed by atoms with Crippen molar-refractivity contribution in [1.29, 1.82) is 0 Å². The van der Waals surface area contributed by atoms with Crippen molar-refractivity contribution in [3.8, 4) is 0 Å². The largest absolute Gasteiger partial charge is 0.478 e. The zero-order valence-corrected chi connectivity index (χ0v) is 10.2. The van der Waals surface area contributed by atoms with E-state index in [9.17, 15) is 13.2 Å². The van der Waals surface area contributed by atoms with E-state index >= 15 is 0 Å². The van der Waals surface area contributed by atoms with Crippen LogP contribution >= 0.6 is 0 Å². The summed E-state index contributed by atoms with van der Waals surface area (Å²) in [6.07, 6.45) is 3.22. The van der Waals surface area contributed by atoms with Crippen molar-refractivity contribution in [2.45, 2.75) is 19.8 Å². The van der Waals surface area contributed by atoms with Crippen LogP contribution in [0.3, 0.4) is 0 Å². The third kappa shape index (κ3) is 2.79. The number of carbonyl (C=O) groups is 1. The third-order valence-corrected chi connectivity index (χ3v) is 4.15. The second kappa shape index (κ2) is 4.06. The van der Waals surface area contributed by atoms with Gasteiger partial charge in [-0.15, -0.1) is 0 Å². The molecule has 0 spiro atoms. The highest BCUT2D eigenvalue weighted by Crippen LogP contribution is 2.31. The van der Waals surface area contributed by atoms with Crippen molar-refractivity contribution in [3.63, 3.8) is 0 Å². The number of H-pyrrole nitrogens is 1. The van der Waals surface area contributed by atoms with Crippen LogP contribution in [0.5, 0.6) is 0 Å². The van der Waals surface area contributed by atoms with E-state index in [2.05, 4.69) is 9.71 Å². The molecule has 1 aromatic rings. The standard InChI is InChI=1S/C10H14N2O4S/c1-6-9(10(13)14)8(4-11-6)12-17(15,16)5-7-2-3-7/h4,7,11-12H,2-3,5H2,1H3,(H,13,14). The first-order valence-corrected chi connectivity index (χ1v) is 6.96. The molecule has 0 atom stereocenters. The number of sulfonamides is 1. The van der Waals surface area contributed by atoms with E-state index in [1.165, 1.54) is 6.20 Å². The number of nitrogens with one attached hydrogen (secondary N) is 2. The molecule has 1 aliphatic rings. The van der Waals surface area contributed by atoms with Gasteiger partial charge in [-0.05, 0) is 25.7 Å². The number of anilines is 1. The van der Waals surface area contributed by atoms with E-state index in [0.717, 1.165) is 12.8 Å². The summed E-state index contributed by atoms with van der Waals surface area (Å²) in [5, 5.41) is 8.97. The van der Waals surface area contributed by atoms with E-state index in [0.29, 0.717) is 5.69 Å². The Kier molecular flexibility index (Phi) is 2.86. The van der Waals surface area contributed by atoms with Crippen LogP contribution in [0, 0.1) is 12.8 Å². The maximum Gasteiger partial charge on any atom is 0.339 e. The maximum atomic E-state index is 11.7. The van der Waals surface area contributed by atoms with Gasteiger partial charge in [-0.3, -0.25) is 4.72 Å². The van der Waals surface area contributed by atoms with Crippen molar-refractivity contribution >= 4 is 21.7 Å². The number of hydrogen-bond acceptors (Lipinski definition) is 3. The Morgan fingerprint density at radius 2 is 2.24 bits per heavy atom. The fourth-order valence-electron chi connectivity index (χ4n) is 1.69. The molecule has 0 amide bonds. The normalized spacial score (nSPS) is 15.8. The summed E-state index contributed by atoms with van der Waals surface area (Å²) in [7, 11) is -3.45. The molecule has 0 bridgehead atoms. The highest BCUT2D eigenvalue weighted by Gasteiger charge is 2.29. The number of aromatic carboxylic acids is 1. The molecule has 1 aliphatic carbocycles. The summed E-state index contributed by atoms with van der Waals surface area (Å²) in [6, 6.07) is 0. The Morgan fingerprint density at radius 1 is 1.59 bits per heavy atom. The monoisotopic (exact) mass is 258 g/mol. The van der Waals surface area contributed by atoms with Gasteiger partial charge in [-0.25, -0.2) is 13.2 Å². The van der Waals surface area contributed by atoms with Crippen LogP contribution in [0.25, 0.3) is 0 Å². The summed E-state index contributed by atoms with van der Waals surface area (Å²) in [5.41, 5.74) is 0.515. The van der Waals surface area contributed by atoms with Crippen LogP contribution in [-0.4, -0.2) is 30.2 Å². The summed E-state index contributed by atoms with van der Waals surface area (Å²) in [4.78, 5) is 13.7. The predicted molar refractivity (Wildman–Crippen MR) is 62.6 cm³/mol. The highest BCUT2D eigenvalue weighted by molar-refractivity contribution is 7.92. The topological polar surface area (TPSA) is 99.3 Å². The molecule has 0 radical (unpaired) electrons. The minimum Gasteiger partial charge on any atom is -0.478 e. The van der Waals surface area contributed by atoms with Crippen LogP contribution in [0.2, 0.25) is 0 Å². The molecule has 17 heavy (non-hydrogen) atoms. The van der Waals surface area contributed by atoms with E-state index in [1.54, 1.807) is 6.92 Å². The molecule has 3 N–H and O–H groups in total. The van der Waals surface area contributed by atoms with E-state index in [1.807, 2.05) is 0 Å². The van der Waals surface area contributed by atoms with Gasteiger partial charge in [0.2, 0.25) is 10.0 Å². The molecule has 0 saturated heterocycles. The van der Waals surface area contributed by atoms with Gasteiger partial charge in [0.25, 0.3) is 0 Å². The first kappa shape index (κ1) is 12.0. The molecule has 0 aromatic carbocycles. The SMILES string of the molecule is Cc1[nH]cc(NS(=O)(=O)CC2CC2)c1C(=O)O. The molecule has 1 heterocycles. The lowest BCUT2D eigenvalue weighted by atomic mass is 10.2. The highest BCUT2D eigenvalue weighted by atomic mass is 32.2. The van der Waals surface area contributed by atoms with Gasteiger partial charge in [-0.1, -0.05) is 0 Å². The van der Waals surface area contributed by atoms with Crippen molar-refractivity contribution in [3.05, 3.63) is 17.5 Å². The van der Waals surface area contributed by atoms with Gasteiger partial charge >= 0.3 is 5.97 Å². The van der Waals surface area contributed by atoms with Crippen LogP contribution in [0.4, 0.5) is 5.69 Å². The van der Waals surface area contributed by atoms with Gasteiger partial charge in [0.05, 0.1) is 11.4 Å². The predicted octanol–water partition coefficient (Wildman–Crippen LogP) is 1.17. The molecular weight excluding hydrogens is 244 g/mol. The van der Waals surface area contributed by atoms with Crippen molar-refractivity contribution in [2.75, 3.05) is 10.5 Å². The summed E-state index contributed by atoms with van der Waals surface area (Å²) >= 11 is 0. The molecule has 94 valence electrons. The van der Waals surface area contributed by atoms with Gasteiger partial charge in [0.15, 0.2) is 0 Å². The second-order valence-electron chi connectivity index (χ2n) is 4.33. The molecule has 2 rings (SSSR count). The lowest BCUT2D eigenvalue weighted by Crippen LogP contribution is -2.19. The van der Waals surface area contributed by atoms with E-state index in [-0.39, 0.29) is 22.9 Å². The Balaban J connectivity index is 2.20. The van der Waals surface area contributed by atoms with Gasteiger partial charge in [0.1, 0.15) is 5.56 Å². The fourth-order valence-corrected chi connectivity index (χ4v) is 3.22. The molecule has 1 saturated carbocycles. The minimum atomic E-state index is -3.45. The molecule has 0 aliphatic heterocycles. The smallest absolute Gasteiger partial charge is 0.339 e. The molecule has 7 heteroatoms. The zero-order chi connectivity index (χ0) is 12.6. The molecule has 6 nitrogen and oxygen atoms in total. The van der Waals surface area contributed by atoms with Crippen LogP contribution in [0.1, 0.15) is 28.9 Å². The Morgan fingerprint density at radius 3 is 2.76 bits per heavy atom. The Hall–Kier alpha value is -1.50. The molecule has 0 unspecified atom stereocenters.